The second kappa shape index (κ2) is 6.59. The molecule has 0 radical (unpaired) electrons. The molecule has 0 rings (SSSR count). The Morgan fingerprint density at radius 2 is 1.71 bits per heavy atom. The Morgan fingerprint density at radius 3 is 2.06 bits per heavy atom. The predicted octanol–water partition coefficient (Wildman–Crippen LogP) is 1.07. The molecular weight excluding hydrogens is 216 g/mol. The molecule has 0 saturated carbocycles. The highest BCUT2D eigenvalue weighted by Crippen LogP contribution is 2.12. The van der Waals surface area contributed by atoms with Gasteiger partial charge in [-0.3, -0.25) is 15.4 Å². The molecule has 17 heavy (non-hydrogen) atoms. The van der Waals surface area contributed by atoms with E-state index < -0.39 is 5.41 Å². The Hall–Kier alpha value is -1.10. The first-order valence-electron chi connectivity index (χ1n) is 6.00. The van der Waals surface area contributed by atoms with Crippen LogP contribution in [-0.4, -0.2) is 31.1 Å². The van der Waals surface area contributed by atoms with E-state index in [1.807, 2.05) is 48.6 Å². The topological polar surface area (TPSA) is 65.5 Å². The third-order valence-corrected chi connectivity index (χ3v) is 2.08. The molecule has 0 fully saturated rings. The maximum Gasteiger partial charge on any atom is 0.232 e. The third kappa shape index (κ3) is 6.94. The van der Waals surface area contributed by atoms with Gasteiger partial charge in [0.25, 0.3) is 0 Å². The number of amides is 1. The quantitative estimate of drug-likeness (QED) is 0.512. The second-order valence-electron chi connectivity index (χ2n) is 5.45. The summed E-state index contributed by atoms with van der Waals surface area (Å²) in [5, 5.41) is 8.94. The largest absolute Gasteiger partial charge is 0.354 e. The first-order valence-corrected chi connectivity index (χ1v) is 6.00. The number of aliphatic imine (C=N–C) groups is 1. The summed E-state index contributed by atoms with van der Waals surface area (Å²) >= 11 is 0. The van der Waals surface area contributed by atoms with E-state index in [1.54, 1.807) is 0 Å². The molecule has 1 atom stereocenters. The molecule has 1 amide bonds. The van der Waals surface area contributed by atoms with Crippen LogP contribution in [0.1, 0.15) is 41.5 Å². The minimum absolute atomic E-state index is 0.0449. The number of hydrogen-bond acceptors (Lipinski definition) is 3. The van der Waals surface area contributed by atoms with Crippen LogP contribution in [0.2, 0.25) is 0 Å². The number of nitrogens with zero attached hydrogens (tertiary/aromatic N) is 1. The van der Waals surface area contributed by atoms with Gasteiger partial charge in [-0.25, -0.2) is 4.99 Å². The molecule has 3 N–H and O–H groups in total. The lowest BCUT2D eigenvalue weighted by atomic mass is 9.96. The number of rotatable bonds is 3. The van der Waals surface area contributed by atoms with Gasteiger partial charge in [0.15, 0.2) is 5.96 Å². The summed E-state index contributed by atoms with van der Waals surface area (Å²) in [6.07, 6.45) is -0.0449. The zero-order chi connectivity index (χ0) is 13.6. The average Bonchev–Trinajstić information content (AvgIpc) is 2.14. The zero-order valence-corrected chi connectivity index (χ0v) is 12.0. The maximum absolute atomic E-state index is 11.9. The highest BCUT2D eigenvalue weighted by Gasteiger charge is 2.22. The van der Waals surface area contributed by atoms with Crippen molar-refractivity contribution in [2.75, 3.05) is 7.05 Å². The summed E-state index contributed by atoms with van der Waals surface area (Å²) < 4.78 is 0. The van der Waals surface area contributed by atoms with Gasteiger partial charge in [0.05, 0.1) is 0 Å². The number of nitrogens with one attached hydrogen (secondary N) is 3. The van der Waals surface area contributed by atoms with E-state index in [0.717, 1.165) is 0 Å². The van der Waals surface area contributed by atoms with Crippen LogP contribution in [0.4, 0.5) is 0 Å². The van der Waals surface area contributed by atoms with Crippen molar-refractivity contribution in [3.05, 3.63) is 0 Å². The van der Waals surface area contributed by atoms with Gasteiger partial charge in [-0.1, -0.05) is 20.8 Å². The summed E-state index contributed by atoms with van der Waals surface area (Å²) in [5.41, 5.74) is -0.428. The molecule has 100 valence electrons. The first kappa shape index (κ1) is 15.9. The van der Waals surface area contributed by atoms with Crippen LogP contribution in [0, 0.1) is 5.41 Å². The number of hydrogen-bond donors (Lipinski definition) is 3. The summed E-state index contributed by atoms with van der Waals surface area (Å²) in [6, 6.07) is 0.220. The Balaban J connectivity index is 4.72. The van der Waals surface area contributed by atoms with Gasteiger partial charge in [-0.05, 0) is 27.8 Å². The van der Waals surface area contributed by atoms with Gasteiger partial charge in [0, 0.05) is 11.5 Å². The van der Waals surface area contributed by atoms with E-state index in [-0.39, 0.29) is 18.1 Å². The fraction of sp³-hybridized carbons (Fsp3) is 0.833. The summed E-state index contributed by atoms with van der Waals surface area (Å²) in [4.78, 5) is 16.2. The van der Waals surface area contributed by atoms with Crippen LogP contribution in [0.3, 0.4) is 0 Å². The fourth-order valence-corrected chi connectivity index (χ4v) is 0.932. The molecule has 0 aliphatic rings. The number of guanidine groups is 1. The molecule has 0 saturated heterocycles. The monoisotopic (exact) mass is 242 g/mol. The van der Waals surface area contributed by atoms with Crippen LogP contribution < -0.4 is 16.0 Å². The van der Waals surface area contributed by atoms with Crippen molar-refractivity contribution in [1.29, 1.82) is 0 Å². The Morgan fingerprint density at radius 1 is 1.18 bits per heavy atom. The summed E-state index contributed by atoms with van der Waals surface area (Å²) in [6.45, 7) is 11.5. The molecule has 0 spiro atoms. The Bertz CT molecular complexity index is 279. The van der Waals surface area contributed by atoms with Crippen molar-refractivity contribution in [2.45, 2.75) is 53.8 Å². The second-order valence-corrected chi connectivity index (χ2v) is 5.45. The van der Waals surface area contributed by atoms with Gasteiger partial charge >= 0.3 is 0 Å². The minimum atomic E-state index is -0.428. The van der Waals surface area contributed by atoms with Gasteiger partial charge in [0.1, 0.15) is 6.17 Å². The molecule has 5 heteroatoms. The molecule has 0 aromatic rings. The van der Waals surface area contributed by atoms with Gasteiger partial charge < -0.3 is 5.32 Å². The molecule has 1 unspecified atom stereocenters. The van der Waals surface area contributed by atoms with E-state index in [1.165, 1.54) is 0 Å². The number of carbonyl (C=O) groups excluding carboxylic acids is 1. The van der Waals surface area contributed by atoms with Gasteiger partial charge in [-0.2, -0.15) is 0 Å². The molecule has 0 aromatic carbocycles. The first-order chi connectivity index (χ1) is 7.66. The van der Waals surface area contributed by atoms with Gasteiger partial charge in [-0.15, -0.1) is 0 Å². The maximum atomic E-state index is 11.9. The van der Waals surface area contributed by atoms with Crippen LogP contribution in [-0.2, 0) is 4.79 Å². The van der Waals surface area contributed by atoms with Crippen molar-refractivity contribution < 1.29 is 4.79 Å². The van der Waals surface area contributed by atoms with Crippen molar-refractivity contribution >= 4 is 11.9 Å². The van der Waals surface area contributed by atoms with E-state index in [2.05, 4.69) is 20.9 Å². The lowest BCUT2D eigenvalue weighted by molar-refractivity contribution is -0.127. The van der Waals surface area contributed by atoms with Crippen LogP contribution >= 0.6 is 0 Å². The van der Waals surface area contributed by atoms with Crippen molar-refractivity contribution in [3.63, 3.8) is 0 Å². The van der Waals surface area contributed by atoms with Crippen molar-refractivity contribution in [3.8, 4) is 0 Å². The standard InChI is InChI=1S/C12H26N4O/c1-8(2)14-11(15-9(3)13-7)16-10(17)12(4,5)6/h8-9,13H,1-7H3,(H2,14,15,16,17). The SMILES string of the molecule is CNC(C)/N=C(/NC(=O)C(C)(C)C)NC(C)C. The number of carbonyl (C=O) groups is 1. The van der Waals surface area contributed by atoms with Crippen molar-refractivity contribution in [1.82, 2.24) is 16.0 Å². The van der Waals surface area contributed by atoms with Crippen LogP contribution in [0.15, 0.2) is 4.99 Å². The van der Waals surface area contributed by atoms with Crippen LogP contribution in [0.5, 0.6) is 0 Å². The molecule has 0 aliphatic carbocycles. The Kier molecular flexibility index (Phi) is 6.16. The molecule has 0 heterocycles. The molecule has 0 aliphatic heterocycles. The highest BCUT2D eigenvalue weighted by molar-refractivity contribution is 5.99. The third-order valence-electron chi connectivity index (χ3n) is 2.08. The normalized spacial score (nSPS) is 14.7. The molecular formula is C12H26N4O. The van der Waals surface area contributed by atoms with Crippen molar-refractivity contribution in [2.24, 2.45) is 10.4 Å². The highest BCUT2D eigenvalue weighted by atomic mass is 16.2. The smallest absolute Gasteiger partial charge is 0.232 e. The average molecular weight is 242 g/mol. The van der Waals surface area contributed by atoms with E-state index in [4.69, 9.17) is 0 Å². The lowest BCUT2D eigenvalue weighted by Gasteiger charge is -2.21. The summed E-state index contributed by atoms with van der Waals surface area (Å²) in [7, 11) is 1.83. The minimum Gasteiger partial charge on any atom is -0.354 e. The van der Waals surface area contributed by atoms with Gasteiger partial charge in [0.2, 0.25) is 5.91 Å². The molecule has 0 aromatic heterocycles. The predicted molar refractivity (Wildman–Crippen MR) is 71.8 cm³/mol. The van der Waals surface area contributed by atoms with E-state index >= 15 is 0 Å². The molecule has 5 nitrogen and oxygen atoms in total. The lowest BCUT2D eigenvalue weighted by Crippen LogP contribution is -2.48. The Labute approximate surface area is 104 Å². The van der Waals surface area contributed by atoms with Crippen LogP contribution in [0.25, 0.3) is 0 Å². The zero-order valence-electron chi connectivity index (χ0n) is 12.0. The summed E-state index contributed by atoms with van der Waals surface area (Å²) in [5.74, 6) is 0.467. The van der Waals surface area contributed by atoms with E-state index in [9.17, 15) is 4.79 Å². The molecule has 0 bridgehead atoms. The van der Waals surface area contributed by atoms with E-state index in [0.29, 0.717) is 5.96 Å². The fourth-order valence-electron chi connectivity index (χ4n) is 0.932.